The fraction of sp³-hybridized carbons (Fsp3) is 0.263. The van der Waals surface area contributed by atoms with Gasteiger partial charge >= 0.3 is 0 Å². The van der Waals surface area contributed by atoms with Gasteiger partial charge in [0.15, 0.2) is 0 Å². The molecule has 1 amide bonds. The number of amides is 1. The number of carbonyl (C=O) groups is 1. The fourth-order valence-electron chi connectivity index (χ4n) is 2.53. The van der Waals surface area contributed by atoms with Gasteiger partial charge in [0.05, 0.1) is 22.7 Å². The topological polar surface area (TPSA) is 77.2 Å². The second kappa shape index (κ2) is 9.09. The first-order valence-corrected chi connectivity index (χ1v) is 8.91. The number of aromatic nitrogens is 1. The number of anilines is 1. The Morgan fingerprint density at radius 2 is 2.00 bits per heavy atom. The number of carbonyl (C=O) groups excluding carboxylic acids is 1. The van der Waals surface area contributed by atoms with Crippen LogP contribution in [0.15, 0.2) is 42.5 Å². The van der Waals surface area contributed by atoms with Gasteiger partial charge in [-0.3, -0.25) is 4.79 Å². The van der Waals surface area contributed by atoms with E-state index < -0.39 is 0 Å². The van der Waals surface area contributed by atoms with Gasteiger partial charge in [-0.25, -0.2) is 4.98 Å². The van der Waals surface area contributed by atoms with E-state index in [0.29, 0.717) is 6.54 Å². The highest BCUT2D eigenvalue weighted by atomic mass is 35.5. The number of ether oxygens (including phenoxy) is 1. The van der Waals surface area contributed by atoms with E-state index in [-0.39, 0.29) is 30.8 Å². The Bertz CT molecular complexity index is 876. The number of hydrogen-bond donors (Lipinski definition) is 2. The number of rotatable bonds is 6. The normalized spacial score (nSPS) is 11.8. The minimum atomic E-state index is -0.259. The van der Waals surface area contributed by atoms with Crippen LogP contribution >= 0.6 is 23.7 Å². The van der Waals surface area contributed by atoms with Crippen LogP contribution in [-0.4, -0.2) is 30.6 Å². The highest BCUT2D eigenvalue weighted by molar-refractivity contribution is 7.21. The maximum atomic E-state index is 12.0. The maximum absolute atomic E-state index is 12.0. The molecule has 1 aromatic heterocycles. The second-order valence-corrected chi connectivity index (χ2v) is 6.94. The highest BCUT2D eigenvalue weighted by Crippen LogP contribution is 2.31. The molecule has 1 unspecified atom stereocenters. The van der Waals surface area contributed by atoms with E-state index in [1.54, 1.807) is 18.4 Å². The number of nitrogens with two attached hydrogens (primary N) is 1. The van der Waals surface area contributed by atoms with Crippen molar-refractivity contribution in [3.63, 3.8) is 0 Å². The molecule has 1 atom stereocenters. The van der Waals surface area contributed by atoms with Crippen LogP contribution in [0.1, 0.15) is 12.0 Å². The van der Waals surface area contributed by atoms with Crippen LogP contribution in [0.2, 0.25) is 0 Å². The van der Waals surface area contributed by atoms with Crippen molar-refractivity contribution in [3.05, 3.63) is 48.0 Å². The summed E-state index contributed by atoms with van der Waals surface area (Å²) in [5, 5.41) is 3.84. The molecule has 3 aromatic rings. The number of nitrogens with one attached hydrogen (secondary N) is 1. The number of aryl methyl sites for hydroxylation is 1. The van der Waals surface area contributed by atoms with Crippen molar-refractivity contribution >= 4 is 45.6 Å². The number of methoxy groups -OCH3 is 1. The van der Waals surface area contributed by atoms with E-state index >= 15 is 0 Å². The molecule has 0 aliphatic carbocycles. The minimum Gasteiger partial charge on any atom is -0.380 e. The third-order valence-corrected chi connectivity index (χ3v) is 5.04. The molecule has 0 aliphatic heterocycles. The van der Waals surface area contributed by atoms with E-state index in [2.05, 4.69) is 29.4 Å². The summed E-state index contributed by atoms with van der Waals surface area (Å²) in [6, 6.07) is 14.0. The number of thiazole rings is 1. The van der Waals surface area contributed by atoms with E-state index in [4.69, 9.17) is 10.5 Å². The lowest BCUT2D eigenvalue weighted by molar-refractivity contribution is -0.118. The number of benzene rings is 2. The summed E-state index contributed by atoms with van der Waals surface area (Å²) >= 11 is 1.67. The number of nitrogens with zero attached hydrogens (tertiary/aromatic N) is 1. The fourth-order valence-corrected chi connectivity index (χ4v) is 3.60. The molecule has 0 saturated heterocycles. The van der Waals surface area contributed by atoms with Gasteiger partial charge in [0.25, 0.3) is 0 Å². The van der Waals surface area contributed by atoms with Crippen molar-refractivity contribution in [2.24, 2.45) is 5.73 Å². The zero-order chi connectivity index (χ0) is 17.8. The lowest BCUT2D eigenvalue weighted by atomic mass is 10.2. The molecule has 138 valence electrons. The predicted octanol–water partition coefficient (Wildman–Crippen LogP) is 4.00. The van der Waals surface area contributed by atoms with E-state index in [0.717, 1.165) is 21.8 Å². The molecule has 3 N–H and O–H groups in total. The molecular weight excluding hydrogens is 370 g/mol. The Hall–Kier alpha value is -1.99. The third-order valence-electron chi connectivity index (χ3n) is 3.97. The molecule has 0 spiro atoms. The molecule has 2 aromatic carbocycles. The first kappa shape index (κ1) is 20.3. The Kier molecular flexibility index (Phi) is 7.11. The SMILES string of the molecule is COC(CN)CC(=O)Nc1ccc(-c2nc3ccc(C)cc3s2)cc1.Cl. The summed E-state index contributed by atoms with van der Waals surface area (Å²) in [5.41, 5.74) is 9.56. The molecule has 5 nitrogen and oxygen atoms in total. The van der Waals surface area contributed by atoms with Gasteiger partial charge < -0.3 is 15.8 Å². The standard InChI is InChI=1S/C19H21N3O2S.ClH/c1-12-3-8-16-17(9-12)25-19(22-16)13-4-6-14(7-5-13)21-18(23)10-15(11-20)24-2;/h3-9,15H,10-11,20H2,1-2H3,(H,21,23);1H. The number of hydrogen-bond acceptors (Lipinski definition) is 5. The minimum absolute atomic E-state index is 0. The van der Waals surface area contributed by atoms with E-state index in [1.165, 1.54) is 10.3 Å². The third kappa shape index (κ3) is 4.80. The second-order valence-electron chi connectivity index (χ2n) is 5.91. The van der Waals surface area contributed by atoms with Gasteiger partial charge in [-0.05, 0) is 48.9 Å². The molecule has 1 heterocycles. The summed E-state index contributed by atoms with van der Waals surface area (Å²) < 4.78 is 6.31. The van der Waals surface area contributed by atoms with Gasteiger partial charge in [0, 0.05) is 24.9 Å². The molecule has 0 saturated carbocycles. The molecular formula is C19H22ClN3O2S. The average Bonchev–Trinajstić information content (AvgIpc) is 3.03. The quantitative estimate of drug-likeness (QED) is 0.665. The van der Waals surface area contributed by atoms with Crippen LogP contribution in [0.5, 0.6) is 0 Å². The van der Waals surface area contributed by atoms with Crippen molar-refractivity contribution in [3.8, 4) is 10.6 Å². The van der Waals surface area contributed by atoms with Crippen LogP contribution in [0.3, 0.4) is 0 Å². The van der Waals surface area contributed by atoms with Gasteiger partial charge in [-0.2, -0.15) is 0 Å². The van der Waals surface area contributed by atoms with Crippen molar-refractivity contribution in [2.75, 3.05) is 19.0 Å². The molecule has 0 aliphatic rings. The highest BCUT2D eigenvalue weighted by Gasteiger charge is 2.12. The van der Waals surface area contributed by atoms with Gasteiger partial charge in [-0.15, -0.1) is 23.7 Å². The molecule has 7 heteroatoms. The molecule has 26 heavy (non-hydrogen) atoms. The lowest BCUT2D eigenvalue weighted by Gasteiger charge is -2.12. The van der Waals surface area contributed by atoms with Crippen LogP contribution in [0.4, 0.5) is 5.69 Å². The number of fused-ring (bicyclic) bond motifs is 1. The van der Waals surface area contributed by atoms with Crippen molar-refractivity contribution in [1.82, 2.24) is 4.98 Å². The monoisotopic (exact) mass is 391 g/mol. The summed E-state index contributed by atoms with van der Waals surface area (Å²) in [4.78, 5) is 16.7. The van der Waals surface area contributed by atoms with E-state index in [1.807, 2.05) is 30.3 Å². The molecule has 0 fully saturated rings. The van der Waals surface area contributed by atoms with Crippen LogP contribution in [0.25, 0.3) is 20.8 Å². The largest absolute Gasteiger partial charge is 0.380 e. The summed E-state index contributed by atoms with van der Waals surface area (Å²) in [6.07, 6.45) is -0.0168. The Morgan fingerprint density at radius 3 is 2.65 bits per heavy atom. The first-order chi connectivity index (χ1) is 12.1. The number of halogens is 1. The lowest BCUT2D eigenvalue weighted by Crippen LogP contribution is -2.28. The Labute approximate surface area is 163 Å². The maximum Gasteiger partial charge on any atom is 0.227 e. The Balaban J connectivity index is 0.00000243. The zero-order valence-corrected chi connectivity index (χ0v) is 16.3. The smallest absolute Gasteiger partial charge is 0.227 e. The van der Waals surface area contributed by atoms with Crippen molar-refractivity contribution in [2.45, 2.75) is 19.4 Å². The predicted molar refractivity (Wildman–Crippen MR) is 110 cm³/mol. The average molecular weight is 392 g/mol. The zero-order valence-electron chi connectivity index (χ0n) is 14.7. The molecule has 0 bridgehead atoms. The van der Waals surface area contributed by atoms with Gasteiger partial charge in [0.2, 0.25) is 5.91 Å². The molecule has 3 rings (SSSR count). The summed E-state index contributed by atoms with van der Waals surface area (Å²) in [6.45, 7) is 2.40. The summed E-state index contributed by atoms with van der Waals surface area (Å²) in [7, 11) is 1.55. The Morgan fingerprint density at radius 1 is 1.27 bits per heavy atom. The summed E-state index contributed by atoms with van der Waals surface area (Å²) in [5.74, 6) is -0.111. The van der Waals surface area contributed by atoms with Crippen LogP contribution in [0, 0.1) is 6.92 Å². The first-order valence-electron chi connectivity index (χ1n) is 8.09. The van der Waals surface area contributed by atoms with Gasteiger partial charge in [0.1, 0.15) is 5.01 Å². The van der Waals surface area contributed by atoms with E-state index in [9.17, 15) is 4.79 Å². The van der Waals surface area contributed by atoms with Gasteiger partial charge in [-0.1, -0.05) is 6.07 Å². The molecule has 0 radical (unpaired) electrons. The van der Waals surface area contributed by atoms with Crippen LogP contribution in [-0.2, 0) is 9.53 Å². The van der Waals surface area contributed by atoms with Crippen LogP contribution < -0.4 is 11.1 Å². The van der Waals surface area contributed by atoms with Crippen molar-refractivity contribution in [1.29, 1.82) is 0 Å². The van der Waals surface area contributed by atoms with Crippen molar-refractivity contribution < 1.29 is 9.53 Å².